The molecule has 2 aromatic rings. The second kappa shape index (κ2) is 7.38. The van der Waals surface area contributed by atoms with Crippen molar-refractivity contribution in [1.82, 2.24) is 24.8 Å². The lowest BCUT2D eigenvalue weighted by Gasteiger charge is -2.32. The van der Waals surface area contributed by atoms with Crippen LogP contribution in [0.15, 0.2) is 31.0 Å². The van der Waals surface area contributed by atoms with Crippen LogP contribution in [0.1, 0.15) is 23.5 Å². The molecule has 1 aliphatic heterocycles. The monoisotopic (exact) mass is 299 g/mol. The smallest absolute Gasteiger partial charge is 0.115 e. The predicted molar refractivity (Wildman–Crippen MR) is 82.1 cm³/mol. The summed E-state index contributed by atoms with van der Waals surface area (Å²) in [7, 11) is 0. The lowest BCUT2D eigenvalue weighted by Crippen LogP contribution is -2.42. The van der Waals surface area contributed by atoms with E-state index in [-0.39, 0.29) is 6.10 Å². The Morgan fingerprint density at radius 1 is 1.23 bits per heavy atom. The molecule has 1 fully saturated rings. The molecule has 0 amide bonds. The Hall–Kier alpha value is -1.92. The summed E-state index contributed by atoms with van der Waals surface area (Å²) in [6.45, 7) is 5.47. The molecule has 0 saturated carbocycles. The fourth-order valence-corrected chi connectivity index (χ4v) is 2.69. The van der Waals surface area contributed by atoms with E-state index in [2.05, 4.69) is 24.8 Å². The third-order valence-electron chi connectivity index (χ3n) is 3.81. The molecule has 0 bridgehead atoms. The topological polar surface area (TPSA) is 64.0 Å². The summed E-state index contributed by atoms with van der Waals surface area (Å²) < 4.78 is 5.88. The first-order valence-electron chi connectivity index (χ1n) is 7.66. The minimum atomic E-state index is 0.251. The molecule has 22 heavy (non-hydrogen) atoms. The Morgan fingerprint density at radius 2 is 2.18 bits per heavy atom. The van der Waals surface area contributed by atoms with Gasteiger partial charge in [0.05, 0.1) is 18.4 Å². The third kappa shape index (κ3) is 4.29. The number of aryl methyl sites for hydroxylation is 2. The van der Waals surface area contributed by atoms with Crippen molar-refractivity contribution in [1.29, 1.82) is 0 Å². The average molecular weight is 299 g/mol. The summed E-state index contributed by atoms with van der Waals surface area (Å²) in [6.07, 6.45) is 9.06. The molecule has 0 aliphatic carbocycles. The van der Waals surface area contributed by atoms with Gasteiger partial charge in [0.25, 0.3) is 0 Å². The minimum absolute atomic E-state index is 0.251. The van der Waals surface area contributed by atoms with E-state index in [1.807, 2.05) is 19.2 Å². The van der Waals surface area contributed by atoms with Crippen molar-refractivity contribution >= 4 is 0 Å². The van der Waals surface area contributed by atoms with Gasteiger partial charge in [-0.2, -0.15) is 0 Å². The molecule has 0 spiro atoms. The molecule has 0 N–H and O–H groups in total. The molecule has 6 nitrogen and oxygen atoms in total. The summed E-state index contributed by atoms with van der Waals surface area (Å²) in [5, 5.41) is 0. The first-order chi connectivity index (χ1) is 10.8. The maximum Gasteiger partial charge on any atom is 0.115 e. The second-order valence-corrected chi connectivity index (χ2v) is 5.61. The highest BCUT2D eigenvalue weighted by Gasteiger charge is 2.20. The van der Waals surface area contributed by atoms with Crippen LogP contribution in [-0.2, 0) is 17.7 Å². The molecule has 1 aliphatic rings. The lowest BCUT2D eigenvalue weighted by molar-refractivity contribution is -0.0350. The molecular weight excluding hydrogens is 278 g/mol. The van der Waals surface area contributed by atoms with Gasteiger partial charge in [0.2, 0.25) is 0 Å². The molecule has 0 aromatic carbocycles. The Bertz CT molecular complexity index is 592. The Morgan fingerprint density at radius 3 is 3.00 bits per heavy atom. The fourth-order valence-electron chi connectivity index (χ4n) is 2.69. The second-order valence-electron chi connectivity index (χ2n) is 5.61. The number of nitrogens with zero attached hydrogens (tertiary/aromatic N) is 5. The average Bonchev–Trinajstić information content (AvgIpc) is 2.54. The number of rotatable bonds is 5. The first kappa shape index (κ1) is 15.0. The summed E-state index contributed by atoms with van der Waals surface area (Å²) >= 11 is 0. The van der Waals surface area contributed by atoms with E-state index in [0.29, 0.717) is 0 Å². The van der Waals surface area contributed by atoms with Gasteiger partial charge in [-0.05, 0) is 25.8 Å². The van der Waals surface area contributed by atoms with Gasteiger partial charge in [-0.25, -0.2) is 9.97 Å². The zero-order valence-electron chi connectivity index (χ0n) is 12.9. The number of hydrogen-bond acceptors (Lipinski definition) is 6. The van der Waals surface area contributed by atoms with Crippen LogP contribution in [0, 0.1) is 6.92 Å². The highest BCUT2D eigenvalue weighted by molar-refractivity contribution is 5.06. The van der Waals surface area contributed by atoms with Gasteiger partial charge >= 0.3 is 0 Å². The summed E-state index contributed by atoms with van der Waals surface area (Å²) in [5.74, 6) is 0. The maximum atomic E-state index is 5.88. The zero-order valence-corrected chi connectivity index (χ0v) is 12.9. The van der Waals surface area contributed by atoms with Crippen LogP contribution in [0.5, 0.6) is 0 Å². The van der Waals surface area contributed by atoms with E-state index < -0.39 is 0 Å². The van der Waals surface area contributed by atoms with Gasteiger partial charge in [-0.3, -0.25) is 14.9 Å². The summed E-state index contributed by atoms with van der Waals surface area (Å²) in [6, 6.07) is 2.04. The standard InChI is InChI=1S/C16H21N5O/c1-13-8-14(20-12-19-13)2-3-16-11-21(6-7-22-16)10-15-9-17-4-5-18-15/h4-5,8-9,12,16H,2-3,6-7,10-11H2,1H3/t16-/m1/s1. The number of ether oxygens (including phenoxy) is 1. The van der Waals surface area contributed by atoms with Crippen LogP contribution < -0.4 is 0 Å². The van der Waals surface area contributed by atoms with Crippen molar-refractivity contribution < 1.29 is 4.74 Å². The molecule has 3 rings (SSSR count). The van der Waals surface area contributed by atoms with Gasteiger partial charge in [0.15, 0.2) is 0 Å². The van der Waals surface area contributed by atoms with Crippen LogP contribution in [0.2, 0.25) is 0 Å². The van der Waals surface area contributed by atoms with Gasteiger partial charge in [0, 0.05) is 49.6 Å². The van der Waals surface area contributed by atoms with Crippen molar-refractivity contribution in [3.8, 4) is 0 Å². The molecule has 1 saturated heterocycles. The van der Waals surface area contributed by atoms with Crippen molar-refractivity contribution in [2.24, 2.45) is 0 Å². The van der Waals surface area contributed by atoms with Crippen molar-refractivity contribution in [2.75, 3.05) is 19.7 Å². The van der Waals surface area contributed by atoms with E-state index in [1.165, 1.54) is 0 Å². The van der Waals surface area contributed by atoms with Crippen molar-refractivity contribution in [3.05, 3.63) is 48.1 Å². The van der Waals surface area contributed by atoms with E-state index >= 15 is 0 Å². The van der Waals surface area contributed by atoms with Crippen LogP contribution >= 0.6 is 0 Å². The van der Waals surface area contributed by atoms with Gasteiger partial charge in [-0.1, -0.05) is 0 Å². The van der Waals surface area contributed by atoms with E-state index in [0.717, 1.165) is 56.2 Å². The highest BCUT2D eigenvalue weighted by atomic mass is 16.5. The maximum absolute atomic E-state index is 5.88. The summed E-state index contributed by atoms with van der Waals surface area (Å²) in [5.41, 5.74) is 3.11. The zero-order chi connectivity index (χ0) is 15.2. The van der Waals surface area contributed by atoms with E-state index in [4.69, 9.17) is 4.74 Å². The normalized spacial score (nSPS) is 19.2. The predicted octanol–water partition coefficient (Wildman–Crippen LogP) is 1.41. The Kier molecular flexibility index (Phi) is 5.03. The van der Waals surface area contributed by atoms with Crippen molar-refractivity contribution in [2.45, 2.75) is 32.4 Å². The van der Waals surface area contributed by atoms with Crippen LogP contribution in [0.4, 0.5) is 0 Å². The highest BCUT2D eigenvalue weighted by Crippen LogP contribution is 2.13. The number of aromatic nitrogens is 4. The van der Waals surface area contributed by atoms with Crippen LogP contribution in [-0.4, -0.2) is 50.6 Å². The Labute approximate surface area is 130 Å². The van der Waals surface area contributed by atoms with Crippen LogP contribution in [0.25, 0.3) is 0 Å². The lowest BCUT2D eigenvalue weighted by atomic mass is 10.1. The largest absolute Gasteiger partial charge is 0.376 e. The van der Waals surface area contributed by atoms with Crippen molar-refractivity contribution in [3.63, 3.8) is 0 Å². The minimum Gasteiger partial charge on any atom is -0.376 e. The first-order valence-corrected chi connectivity index (χ1v) is 7.66. The third-order valence-corrected chi connectivity index (χ3v) is 3.81. The van der Waals surface area contributed by atoms with E-state index in [1.54, 1.807) is 18.7 Å². The van der Waals surface area contributed by atoms with Gasteiger partial charge in [-0.15, -0.1) is 0 Å². The van der Waals surface area contributed by atoms with Gasteiger partial charge in [0.1, 0.15) is 6.33 Å². The van der Waals surface area contributed by atoms with E-state index in [9.17, 15) is 0 Å². The fraction of sp³-hybridized carbons (Fsp3) is 0.500. The molecular formula is C16H21N5O. The Balaban J connectivity index is 1.50. The van der Waals surface area contributed by atoms with Gasteiger partial charge < -0.3 is 4.74 Å². The van der Waals surface area contributed by atoms with Crippen LogP contribution in [0.3, 0.4) is 0 Å². The molecule has 0 unspecified atom stereocenters. The quantitative estimate of drug-likeness (QED) is 0.832. The molecule has 0 radical (unpaired) electrons. The molecule has 3 heterocycles. The molecule has 2 aromatic heterocycles. The number of hydrogen-bond donors (Lipinski definition) is 0. The molecule has 116 valence electrons. The summed E-state index contributed by atoms with van der Waals surface area (Å²) in [4.78, 5) is 19.3. The molecule has 6 heteroatoms. The molecule has 1 atom stereocenters. The number of morpholine rings is 1. The SMILES string of the molecule is Cc1cc(CC[C@@H]2CN(Cc3cnccn3)CCO2)ncn1.